The van der Waals surface area contributed by atoms with E-state index in [0.29, 0.717) is 24.0 Å². The van der Waals surface area contributed by atoms with Gasteiger partial charge in [0.2, 0.25) is 0 Å². The van der Waals surface area contributed by atoms with E-state index < -0.39 is 15.8 Å². The molecule has 0 amide bonds. The third kappa shape index (κ3) is 2.08. The fourth-order valence-corrected chi connectivity index (χ4v) is 3.43. The van der Waals surface area contributed by atoms with Crippen molar-refractivity contribution in [2.75, 3.05) is 0 Å². The summed E-state index contributed by atoms with van der Waals surface area (Å²) in [4.78, 5) is 0. The number of nitrogens with zero attached hydrogens (tertiary/aromatic N) is 3. The Morgan fingerprint density at radius 2 is 2.15 bits per heavy atom. The van der Waals surface area contributed by atoms with Crippen LogP contribution in [-0.2, 0) is 10.0 Å². The normalized spacial score (nSPS) is 15.0. The number of halogens is 1. The van der Waals surface area contributed by atoms with Gasteiger partial charge in [-0.2, -0.15) is 14.4 Å². The molecule has 1 aliphatic rings. The van der Waals surface area contributed by atoms with Crippen molar-refractivity contribution < 1.29 is 12.8 Å². The van der Waals surface area contributed by atoms with Gasteiger partial charge in [-0.15, -0.1) is 0 Å². The Labute approximate surface area is 115 Å². The molecule has 102 valence electrons. The van der Waals surface area contributed by atoms with Crippen LogP contribution in [0.15, 0.2) is 30.6 Å². The van der Waals surface area contributed by atoms with E-state index >= 15 is 0 Å². The van der Waals surface area contributed by atoms with Gasteiger partial charge in [0.1, 0.15) is 5.82 Å². The van der Waals surface area contributed by atoms with Crippen molar-refractivity contribution in [1.29, 1.82) is 5.26 Å². The highest BCUT2D eigenvalue weighted by atomic mass is 32.2. The lowest BCUT2D eigenvalue weighted by molar-refractivity contribution is 0.578. The minimum atomic E-state index is -3.45. The van der Waals surface area contributed by atoms with Gasteiger partial charge in [-0.1, -0.05) is 0 Å². The van der Waals surface area contributed by atoms with Gasteiger partial charge in [0.15, 0.2) is 0 Å². The van der Waals surface area contributed by atoms with Crippen LogP contribution in [0.1, 0.15) is 18.4 Å². The van der Waals surface area contributed by atoms with E-state index in [1.165, 1.54) is 30.6 Å². The minimum Gasteiger partial charge on any atom is -0.207 e. The Balaban J connectivity index is 2.07. The van der Waals surface area contributed by atoms with Crippen LogP contribution in [0, 0.1) is 17.1 Å². The van der Waals surface area contributed by atoms with Gasteiger partial charge in [-0.25, -0.2) is 12.8 Å². The zero-order valence-corrected chi connectivity index (χ0v) is 11.1. The molecule has 1 fully saturated rings. The second kappa shape index (κ2) is 4.42. The van der Waals surface area contributed by atoms with Crippen molar-refractivity contribution in [2.45, 2.75) is 18.1 Å². The summed E-state index contributed by atoms with van der Waals surface area (Å²) in [6, 6.07) is 5.70. The zero-order chi connectivity index (χ0) is 14.3. The summed E-state index contributed by atoms with van der Waals surface area (Å²) in [5, 5.41) is 12.5. The standard InChI is InChI=1S/C13H10FN3O2S/c14-11-2-1-9(6-15)13(5-11)10-7-16-17(8-10)20(18,19)12-3-4-12/h1-2,5,7-8,12H,3-4H2. The van der Waals surface area contributed by atoms with Gasteiger partial charge in [-0.3, -0.25) is 0 Å². The average Bonchev–Trinajstić information content (AvgIpc) is 3.17. The summed E-state index contributed by atoms with van der Waals surface area (Å²) in [5.41, 5.74) is 1.02. The quantitative estimate of drug-likeness (QED) is 0.865. The first-order chi connectivity index (χ1) is 9.52. The molecule has 1 heterocycles. The van der Waals surface area contributed by atoms with Crippen LogP contribution in [0.25, 0.3) is 11.1 Å². The van der Waals surface area contributed by atoms with Crippen LogP contribution < -0.4 is 0 Å². The van der Waals surface area contributed by atoms with Crippen LogP contribution in [-0.4, -0.2) is 22.9 Å². The van der Waals surface area contributed by atoms with E-state index in [1.54, 1.807) is 0 Å². The summed E-state index contributed by atoms with van der Waals surface area (Å²) in [7, 11) is -3.45. The van der Waals surface area contributed by atoms with E-state index in [2.05, 4.69) is 5.10 Å². The fourth-order valence-electron chi connectivity index (χ4n) is 1.95. The van der Waals surface area contributed by atoms with Crippen molar-refractivity contribution in [3.8, 4) is 17.2 Å². The Morgan fingerprint density at radius 1 is 1.40 bits per heavy atom. The molecule has 0 N–H and O–H groups in total. The first-order valence-electron chi connectivity index (χ1n) is 6.01. The maximum atomic E-state index is 13.3. The maximum Gasteiger partial charge on any atom is 0.256 e. The summed E-state index contributed by atoms with van der Waals surface area (Å²) >= 11 is 0. The van der Waals surface area contributed by atoms with Crippen LogP contribution in [0.5, 0.6) is 0 Å². The molecule has 1 aromatic heterocycles. The molecule has 5 nitrogen and oxygen atoms in total. The molecule has 0 bridgehead atoms. The SMILES string of the molecule is N#Cc1ccc(F)cc1-c1cnn(S(=O)(=O)C2CC2)c1. The predicted octanol–water partition coefficient (Wildman–Crippen LogP) is 1.90. The molecule has 20 heavy (non-hydrogen) atoms. The molecule has 2 aromatic rings. The largest absolute Gasteiger partial charge is 0.256 e. The summed E-state index contributed by atoms with van der Waals surface area (Å²) in [5.74, 6) is -0.489. The lowest BCUT2D eigenvalue weighted by Gasteiger charge is -2.02. The molecule has 3 rings (SSSR count). The van der Waals surface area contributed by atoms with Gasteiger partial charge >= 0.3 is 0 Å². The third-order valence-electron chi connectivity index (χ3n) is 3.18. The highest BCUT2D eigenvalue weighted by Crippen LogP contribution is 2.31. The van der Waals surface area contributed by atoms with Crippen LogP contribution in [0.3, 0.4) is 0 Å². The maximum absolute atomic E-state index is 13.3. The molecular formula is C13H10FN3O2S. The zero-order valence-electron chi connectivity index (χ0n) is 10.3. The minimum absolute atomic E-state index is 0.273. The first kappa shape index (κ1) is 12.8. The van der Waals surface area contributed by atoms with E-state index in [-0.39, 0.29) is 10.8 Å². The van der Waals surface area contributed by atoms with Gasteiger partial charge < -0.3 is 0 Å². The van der Waals surface area contributed by atoms with Crippen LogP contribution in [0.4, 0.5) is 4.39 Å². The highest BCUT2D eigenvalue weighted by Gasteiger charge is 2.37. The van der Waals surface area contributed by atoms with Crippen LogP contribution in [0.2, 0.25) is 0 Å². The topological polar surface area (TPSA) is 75.8 Å². The Kier molecular flexibility index (Phi) is 2.83. The predicted molar refractivity (Wildman–Crippen MR) is 69.7 cm³/mol. The smallest absolute Gasteiger partial charge is 0.207 e. The highest BCUT2D eigenvalue weighted by molar-refractivity contribution is 7.90. The molecule has 0 unspecified atom stereocenters. The first-order valence-corrected chi connectivity index (χ1v) is 7.52. The molecule has 1 aliphatic carbocycles. The molecule has 0 aliphatic heterocycles. The number of benzene rings is 1. The van der Waals surface area contributed by atoms with Gasteiger partial charge in [0, 0.05) is 11.1 Å². The van der Waals surface area contributed by atoms with Crippen molar-refractivity contribution >= 4 is 10.0 Å². The number of rotatable bonds is 3. The molecule has 1 aromatic carbocycles. The lowest BCUT2D eigenvalue weighted by Crippen LogP contribution is -2.17. The van der Waals surface area contributed by atoms with E-state index in [9.17, 15) is 12.8 Å². The fraction of sp³-hybridized carbons (Fsp3) is 0.231. The van der Waals surface area contributed by atoms with Crippen molar-refractivity contribution in [3.05, 3.63) is 42.0 Å². The van der Waals surface area contributed by atoms with E-state index in [0.717, 1.165) is 4.09 Å². The van der Waals surface area contributed by atoms with Crippen molar-refractivity contribution in [3.63, 3.8) is 0 Å². The average molecular weight is 291 g/mol. The monoisotopic (exact) mass is 291 g/mol. The molecule has 0 atom stereocenters. The summed E-state index contributed by atoms with van der Waals surface area (Å²) in [6.07, 6.45) is 3.93. The Morgan fingerprint density at radius 3 is 2.80 bits per heavy atom. The summed E-state index contributed by atoms with van der Waals surface area (Å²) < 4.78 is 38.2. The number of nitriles is 1. The lowest BCUT2D eigenvalue weighted by atomic mass is 10.0. The third-order valence-corrected chi connectivity index (χ3v) is 5.21. The van der Waals surface area contributed by atoms with Gasteiger partial charge in [0.25, 0.3) is 10.0 Å². The van der Waals surface area contributed by atoms with Crippen molar-refractivity contribution in [1.82, 2.24) is 9.19 Å². The van der Waals surface area contributed by atoms with Crippen molar-refractivity contribution in [2.24, 2.45) is 0 Å². The molecule has 0 saturated heterocycles. The molecular weight excluding hydrogens is 281 g/mol. The second-order valence-electron chi connectivity index (χ2n) is 4.65. The Bertz CT molecular complexity index is 816. The van der Waals surface area contributed by atoms with Gasteiger partial charge in [-0.05, 0) is 31.0 Å². The molecule has 1 saturated carbocycles. The number of aromatic nitrogens is 2. The Hall–Kier alpha value is -2.20. The van der Waals surface area contributed by atoms with E-state index in [1.807, 2.05) is 6.07 Å². The molecule has 0 radical (unpaired) electrons. The number of hydrogen-bond donors (Lipinski definition) is 0. The van der Waals surface area contributed by atoms with Crippen LogP contribution >= 0.6 is 0 Å². The second-order valence-corrected chi connectivity index (χ2v) is 6.72. The molecule has 7 heteroatoms. The van der Waals surface area contributed by atoms with Gasteiger partial charge in [0.05, 0.1) is 29.3 Å². The molecule has 0 spiro atoms. The summed E-state index contributed by atoms with van der Waals surface area (Å²) in [6.45, 7) is 0. The number of hydrogen-bond acceptors (Lipinski definition) is 4. The van der Waals surface area contributed by atoms with E-state index in [4.69, 9.17) is 5.26 Å².